The van der Waals surface area contributed by atoms with Gasteiger partial charge in [-0.2, -0.15) is 0 Å². The number of nitrogens with one attached hydrogen (secondary N) is 1. The molecule has 1 N–H and O–H groups in total. The Labute approximate surface area is 176 Å². The first kappa shape index (κ1) is 21.6. The highest BCUT2D eigenvalue weighted by atomic mass is 19.1. The largest absolute Gasteiger partial charge is 0.496 e. The Kier molecular flexibility index (Phi) is 7.30. The van der Waals surface area contributed by atoms with E-state index in [1.807, 2.05) is 23.1 Å². The quantitative estimate of drug-likeness (QED) is 0.701. The molecular weight excluding hydrogens is 387 g/mol. The molecule has 3 rings (SSSR count). The van der Waals surface area contributed by atoms with Crippen molar-refractivity contribution in [2.24, 2.45) is 0 Å². The summed E-state index contributed by atoms with van der Waals surface area (Å²) in [6, 6.07) is 10.1. The van der Waals surface area contributed by atoms with Gasteiger partial charge >= 0.3 is 0 Å². The van der Waals surface area contributed by atoms with E-state index < -0.39 is 0 Å². The lowest BCUT2D eigenvalue weighted by molar-refractivity contribution is -0.917. The van der Waals surface area contributed by atoms with Crippen molar-refractivity contribution >= 4 is 12.0 Å². The Morgan fingerprint density at radius 1 is 1.00 bits per heavy atom. The lowest BCUT2D eigenvalue weighted by atomic mass is 10.1. The van der Waals surface area contributed by atoms with E-state index in [-0.39, 0.29) is 11.7 Å². The second-order valence-electron chi connectivity index (χ2n) is 7.16. The minimum absolute atomic E-state index is 0.0211. The highest BCUT2D eigenvalue weighted by molar-refractivity contribution is 5.91. The van der Waals surface area contributed by atoms with E-state index in [0.717, 1.165) is 24.2 Å². The van der Waals surface area contributed by atoms with E-state index in [2.05, 4.69) is 0 Å². The average molecular weight is 415 g/mol. The molecule has 0 bridgehead atoms. The molecule has 0 unspecified atom stereocenters. The Balaban J connectivity index is 1.55. The Hall–Kier alpha value is -3.06. The summed E-state index contributed by atoms with van der Waals surface area (Å²) in [6.45, 7) is 3.58. The first-order valence-corrected chi connectivity index (χ1v) is 9.89. The number of piperazine rings is 1. The second kappa shape index (κ2) is 10.1. The van der Waals surface area contributed by atoms with Crippen LogP contribution >= 0.6 is 0 Å². The van der Waals surface area contributed by atoms with Crippen LogP contribution in [0.15, 0.2) is 42.5 Å². The summed E-state index contributed by atoms with van der Waals surface area (Å²) in [7, 11) is 4.76. The number of amides is 1. The molecule has 1 aliphatic heterocycles. The van der Waals surface area contributed by atoms with Gasteiger partial charge in [0.05, 0.1) is 53.1 Å². The van der Waals surface area contributed by atoms with Crippen molar-refractivity contribution in [3.05, 3.63) is 59.4 Å². The zero-order valence-corrected chi connectivity index (χ0v) is 17.6. The van der Waals surface area contributed by atoms with Crippen molar-refractivity contribution in [2.75, 3.05) is 47.5 Å². The smallest absolute Gasteiger partial charge is 0.246 e. The van der Waals surface area contributed by atoms with Gasteiger partial charge < -0.3 is 24.0 Å². The highest BCUT2D eigenvalue weighted by Gasteiger charge is 2.23. The highest BCUT2D eigenvalue weighted by Crippen LogP contribution is 2.28. The summed E-state index contributed by atoms with van der Waals surface area (Å²) in [5.41, 5.74) is 1.71. The van der Waals surface area contributed by atoms with Gasteiger partial charge in [0.25, 0.3) is 0 Å². The molecule has 0 aromatic heterocycles. The molecular formula is C23H28FN2O4+. The molecule has 0 atom stereocenters. The standard InChI is InChI=1S/C23H27FN2O4/c1-28-20-8-6-19(24)15-18(20)16-25-10-12-26(13-11-25)23(27)9-5-17-4-7-21(29-2)22(14-17)30-3/h4-9,14-15H,10-13,16H2,1-3H3/p+1/b9-5+. The molecule has 30 heavy (non-hydrogen) atoms. The van der Waals surface area contributed by atoms with Crippen LogP contribution in [0.3, 0.4) is 0 Å². The topological polar surface area (TPSA) is 52.4 Å². The first-order valence-electron chi connectivity index (χ1n) is 9.89. The van der Waals surface area contributed by atoms with Gasteiger partial charge in [-0.1, -0.05) is 6.07 Å². The number of carbonyl (C=O) groups excluding carboxylic acids is 1. The monoisotopic (exact) mass is 415 g/mol. The fraction of sp³-hybridized carbons (Fsp3) is 0.348. The van der Waals surface area contributed by atoms with Gasteiger partial charge in [0, 0.05) is 6.08 Å². The van der Waals surface area contributed by atoms with Crippen LogP contribution in [0, 0.1) is 5.82 Å². The summed E-state index contributed by atoms with van der Waals surface area (Å²) in [5.74, 6) is 1.68. The van der Waals surface area contributed by atoms with Gasteiger partial charge in [-0.25, -0.2) is 4.39 Å². The van der Waals surface area contributed by atoms with Gasteiger partial charge in [0.2, 0.25) is 5.91 Å². The number of ether oxygens (including phenoxy) is 3. The molecule has 2 aromatic carbocycles. The number of quaternary nitrogens is 1. The third-order valence-electron chi connectivity index (χ3n) is 5.29. The number of hydrogen-bond donors (Lipinski definition) is 1. The van der Waals surface area contributed by atoms with Gasteiger partial charge in [-0.3, -0.25) is 4.79 Å². The van der Waals surface area contributed by atoms with Crippen LogP contribution in [-0.4, -0.2) is 58.3 Å². The van der Waals surface area contributed by atoms with Gasteiger partial charge in [0.15, 0.2) is 11.5 Å². The summed E-state index contributed by atoms with van der Waals surface area (Å²) in [6.07, 6.45) is 3.36. The van der Waals surface area contributed by atoms with Crippen LogP contribution in [0.5, 0.6) is 17.2 Å². The van der Waals surface area contributed by atoms with Crippen molar-refractivity contribution in [3.8, 4) is 17.2 Å². The van der Waals surface area contributed by atoms with Crippen molar-refractivity contribution < 1.29 is 28.3 Å². The molecule has 1 aliphatic rings. The fourth-order valence-corrected chi connectivity index (χ4v) is 3.60. The van der Waals surface area contributed by atoms with Crippen LogP contribution in [0.2, 0.25) is 0 Å². The predicted molar refractivity (Wildman–Crippen MR) is 113 cm³/mol. The summed E-state index contributed by atoms with van der Waals surface area (Å²) in [4.78, 5) is 15.7. The van der Waals surface area contributed by atoms with Gasteiger partial charge in [0.1, 0.15) is 18.1 Å². The van der Waals surface area contributed by atoms with E-state index in [9.17, 15) is 9.18 Å². The van der Waals surface area contributed by atoms with Crippen LogP contribution in [0.4, 0.5) is 4.39 Å². The summed E-state index contributed by atoms with van der Waals surface area (Å²) in [5, 5.41) is 0. The summed E-state index contributed by atoms with van der Waals surface area (Å²) >= 11 is 0. The SMILES string of the molecule is COc1ccc(F)cc1C[NH+]1CCN(C(=O)/C=C/c2ccc(OC)c(OC)c2)CC1. The normalized spacial score (nSPS) is 14.7. The number of benzene rings is 2. The van der Waals surface area contributed by atoms with Crippen molar-refractivity contribution in [2.45, 2.75) is 6.54 Å². The number of rotatable bonds is 7. The van der Waals surface area contributed by atoms with Crippen LogP contribution in [-0.2, 0) is 11.3 Å². The Bertz CT molecular complexity index is 908. The van der Waals surface area contributed by atoms with Crippen LogP contribution < -0.4 is 19.1 Å². The van der Waals surface area contributed by atoms with Crippen LogP contribution in [0.1, 0.15) is 11.1 Å². The zero-order valence-electron chi connectivity index (χ0n) is 17.6. The average Bonchev–Trinajstić information content (AvgIpc) is 2.78. The molecule has 2 aromatic rings. The minimum atomic E-state index is -0.265. The van der Waals surface area contributed by atoms with Gasteiger partial charge in [-0.15, -0.1) is 0 Å². The lowest BCUT2D eigenvalue weighted by Gasteiger charge is -2.32. The maximum Gasteiger partial charge on any atom is 0.246 e. The zero-order chi connectivity index (χ0) is 21.5. The Morgan fingerprint density at radius 2 is 1.67 bits per heavy atom. The van der Waals surface area contributed by atoms with E-state index >= 15 is 0 Å². The molecule has 0 radical (unpaired) electrons. The maximum absolute atomic E-state index is 13.6. The summed E-state index contributed by atoms with van der Waals surface area (Å²) < 4.78 is 29.4. The third kappa shape index (κ3) is 5.30. The molecule has 1 fully saturated rings. The Morgan fingerprint density at radius 3 is 2.33 bits per heavy atom. The third-order valence-corrected chi connectivity index (χ3v) is 5.29. The molecule has 0 spiro atoms. The van der Waals surface area contributed by atoms with E-state index in [4.69, 9.17) is 14.2 Å². The van der Waals surface area contributed by atoms with E-state index in [1.165, 1.54) is 17.0 Å². The minimum Gasteiger partial charge on any atom is -0.496 e. The maximum atomic E-state index is 13.6. The number of halogens is 1. The van der Waals surface area contributed by atoms with Gasteiger partial charge in [-0.05, 0) is 42.0 Å². The first-order chi connectivity index (χ1) is 14.5. The second-order valence-corrected chi connectivity index (χ2v) is 7.16. The molecule has 0 saturated carbocycles. The van der Waals surface area contributed by atoms with E-state index in [1.54, 1.807) is 39.5 Å². The van der Waals surface area contributed by atoms with Crippen LogP contribution in [0.25, 0.3) is 6.08 Å². The van der Waals surface area contributed by atoms with Crippen molar-refractivity contribution in [1.82, 2.24) is 4.90 Å². The number of nitrogens with zero attached hydrogens (tertiary/aromatic N) is 1. The number of methoxy groups -OCH3 is 3. The number of carbonyl (C=O) groups is 1. The molecule has 7 heteroatoms. The molecule has 1 amide bonds. The van der Waals surface area contributed by atoms with Crippen molar-refractivity contribution in [3.63, 3.8) is 0 Å². The molecule has 6 nitrogen and oxygen atoms in total. The molecule has 1 saturated heterocycles. The molecule has 0 aliphatic carbocycles. The molecule has 160 valence electrons. The molecule has 1 heterocycles. The number of hydrogen-bond acceptors (Lipinski definition) is 4. The predicted octanol–water partition coefficient (Wildman–Crippen LogP) is 1.79. The van der Waals surface area contributed by atoms with E-state index in [0.29, 0.717) is 36.9 Å². The fourth-order valence-electron chi connectivity index (χ4n) is 3.60. The lowest BCUT2D eigenvalue weighted by Crippen LogP contribution is -3.13. The van der Waals surface area contributed by atoms with Crippen molar-refractivity contribution in [1.29, 1.82) is 0 Å².